The highest BCUT2D eigenvalue weighted by atomic mass is 35.5. The molecule has 7 heteroatoms. The van der Waals surface area contributed by atoms with Crippen LogP contribution in [0.25, 0.3) is 0 Å². The van der Waals surface area contributed by atoms with Gasteiger partial charge in [0, 0.05) is 16.5 Å². The van der Waals surface area contributed by atoms with E-state index in [1.165, 1.54) is 11.3 Å². The molecular formula is C19H17Cl2N3OS. The number of carbonyl (C=O) groups is 1. The highest BCUT2D eigenvalue weighted by Gasteiger charge is 2.20. The van der Waals surface area contributed by atoms with Crippen LogP contribution >= 0.6 is 34.5 Å². The largest absolute Gasteiger partial charge is 0.300 e. The molecule has 3 aromatic rings. The molecule has 0 saturated carbocycles. The van der Waals surface area contributed by atoms with Gasteiger partial charge in [-0.2, -0.15) is 0 Å². The van der Waals surface area contributed by atoms with Crippen LogP contribution in [0.3, 0.4) is 0 Å². The Morgan fingerprint density at radius 2 is 1.92 bits per heavy atom. The van der Waals surface area contributed by atoms with Crippen molar-refractivity contribution in [1.82, 2.24) is 10.2 Å². The summed E-state index contributed by atoms with van der Waals surface area (Å²) in [5, 5.41) is 13.5. The Morgan fingerprint density at radius 3 is 2.62 bits per heavy atom. The minimum atomic E-state index is -0.214. The van der Waals surface area contributed by atoms with Gasteiger partial charge in [-0.3, -0.25) is 10.1 Å². The van der Waals surface area contributed by atoms with Crippen molar-refractivity contribution in [3.63, 3.8) is 0 Å². The Bertz CT molecular complexity index is 899. The molecule has 0 aliphatic carbocycles. The SMILES string of the molecule is CC[C@@H](C(=O)Nc1nnc(Cc2ccc(Cl)cc2Cl)s1)c1ccccc1. The maximum Gasteiger partial charge on any atom is 0.233 e. The summed E-state index contributed by atoms with van der Waals surface area (Å²) < 4.78 is 0. The third kappa shape index (κ3) is 4.61. The molecule has 0 radical (unpaired) electrons. The predicted octanol–water partition coefficient (Wildman–Crippen LogP) is 5.57. The van der Waals surface area contributed by atoms with Crippen molar-refractivity contribution in [2.75, 3.05) is 5.32 Å². The van der Waals surface area contributed by atoms with Crippen molar-refractivity contribution in [2.45, 2.75) is 25.7 Å². The van der Waals surface area contributed by atoms with Gasteiger partial charge in [0.15, 0.2) is 0 Å². The Morgan fingerprint density at radius 1 is 1.15 bits per heavy atom. The zero-order valence-corrected chi connectivity index (χ0v) is 16.4. The van der Waals surface area contributed by atoms with Gasteiger partial charge in [0.2, 0.25) is 11.0 Å². The minimum absolute atomic E-state index is 0.0778. The summed E-state index contributed by atoms with van der Waals surface area (Å²) in [5.74, 6) is -0.291. The molecule has 0 aliphatic rings. The normalized spacial score (nSPS) is 12.0. The molecule has 4 nitrogen and oxygen atoms in total. The molecule has 1 N–H and O–H groups in total. The second-order valence-corrected chi connectivity index (χ2v) is 7.68. The fourth-order valence-electron chi connectivity index (χ4n) is 2.65. The molecule has 1 aromatic heterocycles. The van der Waals surface area contributed by atoms with Crippen molar-refractivity contribution >= 4 is 45.6 Å². The highest BCUT2D eigenvalue weighted by molar-refractivity contribution is 7.15. The lowest BCUT2D eigenvalue weighted by Gasteiger charge is -2.13. The number of nitrogens with one attached hydrogen (secondary N) is 1. The van der Waals surface area contributed by atoms with E-state index >= 15 is 0 Å². The first kappa shape index (κ1) is 18.8. The van der Waals surface area contributed by atoms with Gasteiger partial charge in [-0.15, -0.1) is 10.2 Å². The van der Waals surface area contributed by atoms with Gasteiger partial charge < -0.3 is 0 Å². The number of aromatic nitrogens is 2. The lowest BCUT2D eigenvalue weighted by molar-refractivity contribution is -0.117. The average molecular weight is 406 g/mol. The minimum Gasteiger partial charge on any atom is -0.300 e. The molecule has 1 amide bonds. The molecule has 1 heterocycles. The number of halogens is 2. The summed E-state index contributed by atoms with van der Waals surface area (Å²) in [7, 11) is 0. The molecule has 0 saturated heterocycles. The molecule has 0 unspecified atom stereocenters. The second kappa shape index (κ2) is 8.62. The molecule has 1 atom stereocenters. The van der Waals surface area contributed by atoms with Gasteiger partial charge in [0.05, 0.1) is 5.92 Å². The lowest BCUT2D eigenvalue weighted by atomic mass is 9.96. The molecular weight excluding hydrogens is 389 g/mol. The van der Waals surface area contributed by atoms with E-state index < -0.39 is 0 Å². The molecule has 0 spiro atoms. The molecule has 2 aromatic carbocycles. The summed E-state index contributed by atoms with van der Waals surface area (Å²) in [5.41, 5.74) is 1.91. The topological polar surface area (TPSA) is 54.9 Å². The average Bonchev–Trinajstić information content (AvgIpc) is 3.06. The fraction of sp³-hybridized carbons (Fsp3) is 0.211. The standard InChI is InChI=1S/C19H17Cl2N3OS/c1-2-15(12-6-4-3-5-7-12)18(25)22-19-24-23-17(26-19)10-13-8-9-14(20)11-16(13)21/h3-9,11,15H,2,10H2,1H3,(H,22,24,25)/t15-/m1/s1. The number of hydrogen-bond donors (Lipinski definition) is 1. The quantitative estimate of drug-likeness (QED) is 0.583. The van der Waals surface area contributed by atoms with E-state index in [0.29, 0.717) is 28.0 Å². The smallest absolute Gasteiger partial charge is 0.233 e. The highest BCUT2D eigenvalue weighted by Crippen LogP contribution is 2.27. The summed E-state index contributed by atoms with van der Waals surface area (Å²) in [6.07, 6.45) is 1.25. The van der Waals surface area contributed by atoms with E-state index in [4.69, 9.17) is 23.2 Å². The van der Waals surface area contributed by atoms with Gasteiger partial charge >= 0.3 is 0 Å². The molecule has 0 bridgehead atoms. The Labute approximate surface area is 166 Å². The van der Waals surface area contributed by atoms with Crippen LogP contribution < -0.4 is 5.32 Å². The van der Waals surface area contributed by atoms with E-state index in [9.17, 15) is 4.79 Å². The first-order valence-corrected chi connectivity index (χ1v) is 9.76. The second-order valence-electron chi connectivity index (χ2n) is 5.77. The summed E-state index contributed by atoms with van der Waals surface area (Å²) in [6.45, 7) is 1.99. The third-order valence-electron chi connectivity index (χ3n) is 3.98. The summed E-state index contributed by atoms with van der Waals surface area (Å²) in [6, 6.07) is 15.1. The van der Waals surface area contributed by atoms with Crippen LogP contribution in [0.2, 0.25) is 10.0 Å². The Balaban J connectivity index is 1.68. The number of benzene rings is 2. The predicted molar refractivity (Wildman–Crippen MR) is 107 cm³/mol. The number of amides is 1. The molecule has 0 fully saturated rings. The van der Waals surface area contributed by atoms with E-state index in [1.807, 2.05) is 43.3 Å². The van der Waals surface area contributed by atoms with Crippen LogP contribution in [-0.2, 0) is 11.2 Å². The van der Waals surface area contributed by atoms with Crippen LogP contribution in [0, 0.1) is 0 Å². The van der Waals surface area contributed by atoms with E-state index in [0.717, 1.165) is 16.1 Å². The van der Waals surface area contributed by atoms with E-state index in [1.54, 1.807) is 12.1 Å². The van der Waals surface area contributed by atoms with Crippen molar-refractivity contribution < 1.29 is 4.79 Å². The first-order chi connectivity index (χ1) is 12.6. The Hall–Kier alpha value is -1.95. The van der Waals surface area contributed by atoms with Crippen LogP contribution in [0.4, 0.5) is 5.13 Å². The Kier molecular flexibility index (Phi) is 6.25. The van der Waals surface area contributed by atoms with Gasteiger partial charge in [-0.05, 0) is 29.7 Å². The maximum absolute atomic E-state index is 12.6. The monoisotopic (exact) mass is 405 g/mol. The molecule has 134 valence electrons. The van der Waals surface area contributed by atoms with Crippen molar-refractivity contribution in [3.8, 4) is 0 Å². The fourth-order valence-corrected chi connectivity index (χ4v) is 3.89. The zero-order valence-electron chi connectivity index (χ0n) is 14.1. The molecule has 26 heavy (non-hydrogen) atoms. The van der Waals surface area contributed by atoms with Crippen molar-refractivity contribution in [1.29, 1.82) is 0 Å². The van der Waals surface area contributed by atoms with E-state index in [2.05, 4.69) is 15.5 Å². The van der Waals surface area contributed by atoms with Crippen molar-refractivity contribution in [3.05, 3.63) is 74.7 Å². The van der Waals surface area contributed by atoms with E-state index in [-0.39, 0.29) is 11.8 Å². The lowest BCUT2D eigenvalue weighted by Crippen LogP contribution is -2.20. The van der Waals surface area contributed by atoms with Gasteiger partial charge in [-0.25, -0.2) is 0 Å². The van der Waals surface area contributed by atoms with Crippen molar-refractivity contribution in [2.24, 2.45) is 0 Å². The summed E-state index contributed by atoms with van der Waals surface area (Å²) >= 11 is 13.5. The third-order valence-corrected chi connectivity index (χ3v) is 5.41. The first-order valence-electron chi connectivity index (χ1n) is 8.19. The van der Waals surface area contributed by atoms with Gasteiger partial charge in [0.1, 0.15) is 5.01 Å². The number of anilines is 1. The van der Waals surface area contributed by atoms with Crippen LogP contribution in [0.1, 0.15) is 35.4 Å². The van der Waals surface area contributed by atoms with Crippen LogP contribution in [0.15, 0.2) is 48.5 Å². The molecule has 0 aliphatic heterocycles. The number of carbonyl (C=O) groups excluding carboxylic acids is 1. The number of hydrogen-bond acceptors (Lipinski definition) is 4. The van der Waals surface area contributed by atoms with Crippen LogP contribution in [-0.4, -0.2) is 16.1 Å². The van der Waals surface area contributed by atoms with Gasteiger partial charge in [0.25, 0.3) is 0 Å². The summed E-state index contributed by atoms with van der Waals surface area (Å²) in [4.78, 5) is 12.6. The van der Waals surface area contributed by atoms with Crippen LogP contribution in [0.5, 0.6) is 0 Å². The number of rotatable bonds is 6. The van der Waals surface area contributed by atoms with Gasteiger partial charge in [-0.1, -0.05) is 77.9 Å². The molecule has 3 rings (SSSR count). The zero-order chi connectivity index (χ0) is 18.5. The maximum atomic E-state index is 12.6. The number of nitrogens with zero attached hydrogens (tertiary/aromatic N) is 2.